The van der Waals surface area contributed by atoms with Crippen molar-refractivity contribution in [2.45, 2.75) is 0 Å². The number of nitrogens with zero attached hydrogens (tertiary/aromatic N) is 1. The summed E-state index contributed by atoms with van der Waals surface area (Å²) in [6, 6.07) is 6.02. The van der Waals surface area contributed by atoms with Crippen molar-refractivity contribution in [2.75, 3.05) is 6.61 Å². The van der Waals surface area contributed by atoms with Gasteiger partial charge in [-0.3, -0.25) is 0 Å². The fraction of sp³-hybridized carbons (Fsp3) is 0.0909. The molecule has 19 heavy (non-hydrogen) atoms. The van der Waals surface area contributed by atoms with Crippen LogP contribution in [0.1, 0.15) is 0 Å². The maximum absolute atomic E-state index is 11.5. The van der Waals surface area contributed by atoms with Gasteiger partial charge in [0.15, 0.2) is 17.2 Å². The molecule has 100 valence electrons. The molecule has 0 aromatic heterocycles. The first kappa shape index (κ1) is 13.1. The Balaban J connectivity index is 2.16. The lowest BCUT2D eigenvalue weighted by atomic mass is 10.3. The third kappa shape index (κ3) is 2.74. The highest BCUT2D eigenvalue weighted by molar-refractivity contribution is 7.94. The van der Waals surface area contributed by atoms with E-state index in [0.717, 1.165) is 6.08 Å². The lowest BCUT2D eigenvalue weighted by Crippen LogP contribution is -2.07. The van der Waals surface area contributed by atoms with Crippen LogP contribution in [-0.4, -0.2) is 36.9 Å². The van der Waals surface area contributed by atoms with Gasteiger partial charge in [0, 0.05) is 0 Å². The number of benzene rings is 1. The minimum absolute atomic E-state index is 0.0994. The molecule has 0 radical (unpaired) electrons. The highest BCUT2D eigenvalue weighted by Gasteiger charge is 2.28. The SMILES string of the molecule is O=C(O)C1=NS(=O)(=O)C(COc2ccccc2O)=C1. The number of carboxylic acids is 1. The van der Waals surface area contributed by atoms with Gasteiger partial charge in [-0.1, -0.05) is 12.1 Å². The van der Waals surface area contributed by atoms with Crippen molar-refractivity contribution < 1.29 is 28.2 Å². The van der Waals surface area contributed by atoms with Crippen LogP contribution in [0.25, 0.3) is 0 Å². The summed E-state index contributed by atoms with van der Waals surface area (Å²) in [5, 5.41) is 18.1. The van der Waals surface area contributed by atoms with Crippen molar-refractivity contribution in [3.63, 3.8) is 0 Å². The molecule has 8 heteroatoms. The second-order valence-electron chi connectivity index (χ2n) is 3.62. The van der Waals surface area contributed by atoms with E-state index >= 15 is 0 Å². The third-order valence-corrected chi connectivity index (χ3v) is 3.64. The van der Waals surface area contributed by atoms with E-state index in [4.69, 9.17) is 9.84 Å². The van der Waals surface area contributed by atoms with Crippen LogP contribution < -0.4 is 4.74 Å². The molecule has 1 heterocycles. The van der Waals surface area contributed by atoms with Crippen molar-refractivity contribution in [2.24, 2.45) is 4.40 Å². The standard InChI is InChI=1S/C11H9NO6S/c13-9-3-1-2-4-10(9)18-6-7-5-8(11(14)15)12-19(7,16)17/h1-5,13H,6H2,(H,14,15). The van der Waals surface area contributed by atoms with Crippen LogP contribution in [0.15, 0.2) is 39.6 Å². The highest BCUT2D eigenvalue weighted by atomic mass is 32.2. The van der Waals surface area contributed by atoms with Crippen molar-refractivity contribution in [1.82, 2.24) is 0 Å². The summed E-state index contributed by atoms with van der Waals surface area (Å²) >= 11 is 0. The van der Waals surface area contributed by atoms with E-state index in [-0.39, 0.29) is 16.4 Å². The normalized spacial score (nSPS) is 16.6. The fourth-order valence-corrected chi connectivity index (χ4v) is 2.36. The van der Waals surface area contributed by atoms with E-state index in [1.807, 2.05) is 0 Å². The number of hydrogen-bond donors (Lipinski definition) is 2. The van der Waals surface area contributed by atoms with E-state index in [2.05, 4.69) is 4.40 Å². The molecule has 2 rings (SSSR count). The maximum Gasteiger partial charge on any atom is 0.355 e. The van der Waals surface area contributed by atoms with E-state index in [1.54, 1.807) is 12.1 Å². The molecule has 0 aliphatic carbocycles. The molecule has 0 amide bonds. The molecule has 0 fully saturated rings. The topological polar surface area (TPSA) is 113 Å². The molecule has 1 aliphatic rings. The first-order valence-corrected chi connectivity index (χ1v) is 6.54. The Morgan fingerprint density at radius 2 is 2.00 bits per heavy atom. The Labute approximate surface area is 108 Å². The highest BCUT2D eigenvalue weighted by Crippen LogP contribution is 2.26. The molecule has 0 unspecified atom stereocenters. The number of hydrogen-bond acceptors (Lipinski definition) is 5. The summed E-state index contributed by atoms with van der Waals surface area (Å²) in [6.45, 7) is -0.403. The molecule has 2 N–H and O–H groups in total. The van der Waals surface area contributed by atoms with Gasteiger partial charge in [0.1, 0.15) is 11.5 Å². The Hall–Kier alpha value is -2.35. The van der Waals surface area contributed by atoms with Gasteiger partial charge < -0.3 is 14.9 Å². The van der Waals surface area contributed by atoms with Gasteiger partial charge in [-0.15, -0.1) is 0 Å². The van der Waals surface area contributed by atoms with Crippen molar-refractivity contribution >= 4 is 21.7 Å². The van der Waals surface area contributed by atoms with Crippen LogP contribution >= 0.6 is 0 Å². The largest absolute Gasteiger partial charge is 0.504 e. The van der Waals surface area contributed by atoms with E-state index < -0.39 is 28.3 Å². The molecular formula is C11H9NO6S. The van der Waals surface area contributed by atoms with Crippen LogP contribution in [-0.2, 0) is 14.8 Å². The molecule has 0 atom stereocenters. The van der Waals surface area contributed by atoms with E-state index in [0.29, 0.717) is 0 Å². The predicted molar refractivity (Wildman–Crippen MR) is 65.7 cm³/mol. The number of rotatable bonds is 4. The average molecular weight is 283 g/mol. The first-order valence-electron chi connectivity index (χ1n) is 5.10. The van der Waals surface area contributed by atoms with Gasteiger partial charge in [0.25, 0.3) is 10.0 Å². The Kier molecular flexibility index (Phi) is 3.26. The first-order chi connectivity index (χ1) is 8.90. The van der Waals surface area contributed by atoms with Crippen molar-refractivity contribution in [3.8, 4) is 11.5 Å². The molecule has 1 aromatic carbocycles. The third-order valence-electron chi connectivity index (χ3n) is 2.30. The van der Waals surface area contributed by atoms with Gasteiger partial charge in [-0.2, -0.15) is 12.8 Å². The van der Waals surface area contributed by atoms with Crippen LogP contribution in [0.4, 0.5) is 0 Å². The predicted octanol–water partition coefficient (Wildman–Crippen LogP) is 0.524. The number of ether oxygens (including phenoxy) is 1. The summed E-state index contributed by atoms with van der Waals surface area (Å²) in [5.74, 6) is -1.47. The monoisotopic (exact) mass is 283 g/mol. The second-order valence-corrected chi connectivity index (χ2v) is 5.28. The minimum Gasteiger partial charge on any atom is -0.504 e. The number of aromatic hydroxyl groups is 1. The number of sulfonamides is 1. The summed E-state index contributed by atoms with van der Waals surface area (Å²) < 4.78 is 31.3. The Bertz CT molecular complexity index is 689. The van der Waals surface area contributed by atoms with Crippen LogP contribution in [0.2, 0.25) is 0 Å². The molecule has 0 bridgehead atoms. The van der Waals surface area contributed by atoms with Crippen LogP contribution in [0, 0.1) is 0 Å². The summed E-state index contributed by atoms with van der Waals surface area (Å²) in [6.07, 6.45) is 0.928. The van der Waals surface area contributed by atoms with E-state index in [9.17, 15) is 18.3 Å². The van der Waals surface area contributed by atoms with Crippen LogP contribution in [0.5, 0.6) is 11.5 Å². The second kappa shape index (κ2) is 4.73. The van der Waals surface area contributed by atoms with Gasteiger partial charge >= 0.3 is 5.97 Å². The smallest absolute Gasteiger partial charge is 0.355 e. The molecule has 0 saturated carbocycles. The zero-order chi connectivity index (χ0) is 14.0. The number of carboxylic acid groups (broad SMARTS) is 1. The lowest BCUT2D eigenvalue weighted by Gasteiger charge is -2.07. The maximum atomic E-state index is 11.5. The summed E-state index contributed by atoms with van der Waals surface area (Å²) in [5.41, 5.74) is -0.559. The van der Waals surface area contributed by atoms with Crippen molar-refractivity contribution in [1.29, 1.82) is 0 Å². The number of carbonyl (C=O) groups is 1. The molecule has 1 aliphatic heterocycles. The molecule has 1 aromatic rings. The molecular weight excluding hydrogens is 274 g/mol. The molecule has 0 saturated heterocycles. The molecule has 0 spiro atoms. The average Bonchev–Trinajstić information content (AvgIpc) is 2.64. The zero-order valence-corrected chi connectivity index (χ0v) is 10.3. The number of phenolic OH excluding ortho intramolecular Hbond substituents is 1. The van der Waals surface area contributed by atoms with Gasteiger partial charge in [0.2, 0.25) is 0 Å². The minimum atomic E-state index is -4.00. The summed E-state index contributed by atoms with van der Waals surface area (Å²) in [7, 11) is -4.00. The summed E-state index contributed by atoms with van der Waals surface area (Å²) in [4.78, 5) is 10.4. The fourth-order valence-electron chi connectivity index (χ4n) is 1.39. The van der Waals surface area contributed by atoms with E-state index in [1.165, 1.54) is 12.1 Å². The lowest BCUT2D eigenvalue weighted by molar-refractivity contribution is -0.129. The van der Waals surface area contributed by atoms with Gasteiger partial charge in [-0.05, 0) is 18.2 Å². The quantitative estimate of drug-likeness (QED) is 0.833. The van der Waals surface area contributed by atoms with Crippen molar-refractivity contribution in [3.05, 3.63) is 35.2 Å². The van der Waals surface area contributed by atoms with Crippen LogP contribution in [0.3, 0.4) is 0 Å². The van der Waals surface area contributed by atoms with Gasteiger partial charge in [0.05, 0.1) is 0 Å². The number of phenols is 1. The van der Waals surface area contributed by atoms with Gasteiger partial charge in [-0.25, -0.2) is 4.79 Å². The zero-order valence-electron chi connectivity index (χ0n) is 9.48. The number of aliphatic carboxylic acids is 1. The Morgan fingerprint density at radius 1 is 1.32 bits per heavy atom. The molecule has 7 nitrogen and oxygen atoms in total. The Morgan fingerprint density at radius 3 is 2.58 bits per heavy atom. The number of para-hydroxylation sites is 2.